The van der Waals surface area contributed by atoms with Gasteiger partial charge in [0.2, 0.25) is 47.3 Å². The normalized spacial score (nSPS) is 16.5. The Hall–Kier alpha value is -7.23. The molecule has 2 aromatic carbocycles. The van der Waals surface area contributed by atoms with Crippen LogP contribution in [0, 0.1) is 0 Å². The lowest BCUT2D eigenvalue weighted by atomic mass is 10.0. The molecule has 9 atom stereocenters. The molecule has 0 aliphatic carbocycles. The minimum Gasteiger partial charge on any atom is -0.481 e. The van der Waals surface area contributed by atoms with Crippen molar-refractivity contribution in [3.63, 3.8) is 0 Å². The van der Waals surface area contributed by atoms with Gasteiger partial charge < -0.3 is 73.3 Å². The number of carbonyl (C=O) groups excluding carboxylic acids is 8. The third-order valence-corrected chi connectivity index (χ3v) is 12.4. The van der Waals surface area contributed by atoms with Crippen LogP contribution in [0.4, 0.5) is 0 Å². The van der Waals surface area contributed by atoms with Gasteiger partial charge in [0.1, 0.15) is 42.3 Å². The first-order valence-corrected chi connectivity index (χ1v) is 24.2. The second-order valence-electron chi connectivity index (χ2n) is 17.1. The van der Waals surface area contributed by atoms with E-state index in [4.69, 9.17) is 5.73 Å². The molecule has 8 amide bonds. The van der Waals surface area contributed by atoms with Gasteiger partial charge in [-0.05, 0) is 43.4 Å². The van der Waals surface area contributed by atoms with Gasteiger partial charge in [-0.15, -0.1) is 0 Å². The maximum absolute atomic E-state index is 14.3. The molecule has 1 aliphatic heterocycles. The number of thiol groups is 2. The molecule has 0 saturated carbocycles. The average Bonchev–Trinajstić information content (AvgIpc) is 4.02. The number of nitrogens with two attached hydrogens (primary N) is 1. The molecule has 14 N–H and O–H groups in total. The maximum atomic E-state index is 14.3. The summed E-state index contributed by atoms with van der Waals surface area (Å²) in [5.41, 5.74) is 7.40. The highest BCUT2D eigenvalue weighted by molar-refractivity contribution is 7.80. The maximum Gasteiger partial charge on any atom is 0.327 e. The summed E-state index contributed by atoms with van der Waals surface area (Å²) in [5, 5.41) is 56.6. The number of aliphatic carboxylic acids is 3. The fraction of sp³-hybridized carbons (Fsp3) is 0.457. The van der Waals surface area contributed by atoms with Crippen LogP contribution in [-0.4, -0.2) is 175 Å². The zero-order valence-electron chi connectivity index (χ0n) is 39.4. The van der Waals surface area contributed by atoms with Crippen LogP contribution >= 0.6 is 25.3 Å². The molecule has 396 valence electrons. The summed E-state index contributed by atoms with van der Waals surface area (Å²) < 4.78 is 0. The quantitative estimate of drug-likeness (QED) is 0.0322. The zero-order valence-corrected chi connectivity index (χ0v) is 41.2. The van der Waals surface area contributed by atoms with Crippen molar-refractivity contribution in [2.24, 2.45) is 5.73 Å². The lowest BCUT2D eigenvalue weighted by Gasteiger charge is -2.28. The number of H-pyrrole nitrogens is 1. The van der Waals surface area contributed by atoms with Crippen molar-refractivity contribution in [2.75, 3.05) is 24.6 Å². The van der Waals surface area contributed by atoms with Gasteiger partial charge in [-0.25, -0.2) is 4.79 Å². The Kier molecular flexibility index (Phi) is 22.5. The summed E-state index contributed by atoms with van der Waals surface area (Å²) in [5.74, 6) is -12.6. The number of likely N-dealkylation sites (tertiary alicyclic amines) is 1. The van der Waals surface area contributed by atoms with E-state index in [2.05, 4.69) is 67.5 Å². The van der Waals surface area contributed by atoms with Crippen LogP contribution in [0.1, 0.15) is 50.2 Å². The summed E-state index contributed by atoms with van der Waals surface area (Å²) >= 11 is 8.00. The van der Waals surface area contributed by atoms with Gasteiger partial charge in [0, 0.05) is 54.4 Å². The smallest absolute Gasteiger partial charge is 0.327 e. The van der Waals surface area contributed by atoms with E-state index in [0.717, 1.165) is 6.92 Å². The van der Waals surface area contributed by atoms with Gasteiger partial charge in [0.25, 0.3) is 0 Å². The van der Waals surface area contributed by atoms with Crippen molar-refractivity contribution in [3.8, 4) is 0 Å². The number of carboxylic acids is 3. The van der Waals surface area contributed by atoms with E-state index < -0.39 is 145 Å². The number of nitrogens with zero attached hydrogens (tertiary/aromatic N) is 1. The molecule has 0 bridgehead atoms. The van der Waals surface area contributed by atoms with Crippen LogP contribution in [0.5, 0.6) is 0 Å². The Bertz CT molecular complexity index is 2500. The van der Waals surface area contributed by atoms with Gasteiger partial charge in [0.15, 0.2) is 0 Å². The van der Waals surface area contributed by atoms with Gasteiger partial charge in [0.05, 0.1) is 25.1 Å². The van der Waals surface area contributed by atoms with Crippen molar-refractivity contribution < 1.29 is 73.2 Å². The Morgan fingerprint density at radius 3 is 1.93 bits per heavy atom. The standard InChI is InChI=1S/C46H60N10O15S2/c1-23(57)38(44(68)53-30(16-24-8-3-2-4-9-24)40(64)54-33(22-73)46(70)71)55-42(66)31(17-25-19-48-28-11-6-5-10-26(25)28)51-41(65)32(18-37(61)62)52-39(63)29(13-14-36(59)60)50-35(58)20-49-43(67)34-12-7-15-56(34)45(69)27(47)21-72/h2-6,8-11,19,23,27,29-34,38,48,57,72-73H,7,12-18,20-22,47H2,1H3,(H,49,67)(H,50,58)(H,51,65)(H,52,63)(H,53,68)(H,54,64)(H,55,66)(H,59,60)(H,61,62)(H,70,71)/t23-,27+,29+,30+,31+,32+,33+,34+,38+/m1/s1. The van der Waals surface area contributed by atoms with Crippen molar-refractivity contribution in [1.82, 2.24) is 47.1 Å². The van der Waals surface area contributed by atoms with E-state index in [-0.39, 0.29) is 37.3 Å². The molecule has 4 rings (SSSR count). The van der Waals surface area contributed by atoms with Crippen LogP contribution in [0.3, 0.4) is 0 Å². The number of benzene rings is 2. The number of aromatic nitrogens is 1. The van der Waals surface area contributed by atoms with Crippen molar-refractivity contribution in [1.29, 1.82) is 0 Å². The molecule has 1 aromatic heterocycles. The van der Waals surface area contributed by atoms with Crippen molar-refractivity contribution >= 4 is 101 Å². The Morgan fingerprint density at radius 1 is 0.712 bits per heavy atom. The molecule has 3 aromatic rings. The number of aromatic amines is 1. The molecule has 1 saturated heterocycles. The van der Waals surface area contributed by atoms with Crippen LogP contribution < -0.4 is 43.0 Å². The molecule has 0 spiro atoms. The summed E-state index contributed by atoms with van der Waals surface area (Å²) in [4.78, 5) is 148. The summed E-state index contributed by atoms with van der Waals surface area (Å²) in [6, 6.07) is 3.03. The van der Waals surface area contributed by atoms with Gasteiger partial charge >= 0.3 is 17.9 Å². The number of para-hydroxylation sites is 1. The van der Waals surface area contributed by atoms with Crippen molar-refractivity contribution in [3.05, 3.63) is 71.9 Å². The number of carbonyl (C=O) groups is 11. The van der Waals surface area contributed by atoms with E-state index in [1.54, 1.807) is 54.6 Å². The Labute approximate surface area is 428 Å². The van der Waals surface area contributed by atoms with Crippen LogP contribution in [-0.2, 0) is 65.6 Å². The number of aliphatic hydroxyl groups is 1. The highest BCUT2D eigenvalue weighted by atomic mass is 32.1. The molecule has 1 aliphatic rings. The SMILES string of the molecule is C[C@@H](O)[C@H](NC(=O)[C@H](Cc1c[nH]c2ccccc12)NC(=O)[C@H](CC(=O)O)NC(=O)[C@H](CCC(=O)O)NC(=O)CNC(=O)[C@@H]1CCCN1C(=O)[C@@H](N)CS)C(=O)N[C@@H](Cc1ccccc1)C(=O)N[C@@H](CS)C(=O)O. The molecule has 0 radical (unpaired) electrons. The van der Waals surface area contributed by atoms with E-state index in [1.165, 1.54) is 11.1 Å². The Balaban J connectivity index is 1.57. The van der Waals surface area contributed by atoms with Crippen LogP contribution in [0.25, 0.3) is 10.9 Å². The lowest BCUT2D eigenvalue weighted by molar-refractivity contribution is -0.142. The first-order chi connectivity index (χ1) is 34.6. The molecule has 0 unspecified atom stereocenters. The molecular weight excluding hydrogens is 997 g/mol. The highest BCUT2D eigenvalue weighted by Gasteiger charge is 2.38. The van der Waals surface area contributed by atoms with E-state index in [9.17, 15) is 73.2 Å². The average molecular weight is 1060 g/mol. The molecule has 2 heterocycles. The fourth-order valence-electron chi connectivity index (χ4n) is 7.76. The summed E-state index contributed by atoms with van der Waals surface area (Å²) in [7, 11) is 0. The molecule has 73 heavy (non-hydrogen) atoms. The summed E-state index contributed by atoms with van der Waals surface area (Å²) in [6.45, 7) is 0.629. The highest BCUT2D eigenvalue weighted by Crippen LogP contribution is 2.21. The predicted molar refractivity (Wildman–Crippen MR) is 266 cm³/mol. The van der Waals surface area contributed by atoms with Crippen LogP contribution in [0.15, 0.2) is 60.8 Å². The number of carboxylic acid groups (broad SMARTS) is 3. The third-order valence-electron chi connectivity index (χ3n) is 11.6. The van der Waals surface area contributed by atoms with E-state index in [0.29, 0.717) is 28.5 Å². The largest absolute Gasteiger partial charge is 0.481 e. The number of amides is 8. The molecule has 27 heteroatoms. The third kappa shape index (κ3) is 17.5. The molecule has 25 nitrogen and oxygen atoms in total. The van der Waals surface area contributed by atoms with E-state index in [1.807, 2.05) is 0 Å². The Morgan fingerprint density at radius 2 is 1.30 bits per heavy atom. The van der Waals surface area contributed by atoms with Gasteiger partial charge in [-0.2, -0.15) is 25.3 Å². The van der Waals surface area contributed by atoms with Crippen molar-refractivity contribution in [2.45, 2.75) is 106 Å². The topological polar surface area (TPSA) is 398 Å². The monoisotopic (exact) mass is 1060 g/mol. The van der Waals surface area contributed by atoms with Gasteiger partial charge in [-0.1, -0.05) is 48.5 Å². The number of hydrogen-bond acceptors (Lipinski definition) is 15. The minimum atomic E-state index is -2.00. The molecular formula is C46H60N10O15S2. The van der Waals surface area contributed by atoms with E-state index >= 15 is 0 Å². The lowest BCUT2D eigenvalue weighted by Crippen LogP contribution is -2.62. The second kappa shape index (κ2) is 28.1. The predicted octanol–water partition coefficient (Wildman–Crippen LogP) is -3.04. The number of aliphatic hydroxyl groups excluding tert-OH is 1. The first kappa shape index (κ1) is 58.3. The summed E-state index contributed by atoms with van der Waals surface area (Å²) in [6.07, 6.45) is -2.32. The van der Waals surface area contributed by atoms with Gasteiger partial charge in [-0.3, -0.25) is 47.9 Å². The molecule has 1 fully saturated rings. The van der Waals surface area contributed by atoms with Crippen LogP contribution in [0.2, 0.25) is 0 Å². The number of nitrogens with one attached hydrogen (secondary N) is 8. The number of rotatable bonds is 28. The number of fused-ring (bicyclic) bond motifs is 1. The zero-order chi connectivity index (χ0) is 53.9. The fourth-order valence-corrected chi connectivity index (χ4v) is 8.16. The first-order valence-electron chi connectivity index (χ1n) is 22.9. The number of hydrogen-bond donors (Lipinski definition) is 15. The second-order valence-corrected chi connectivity index (χ2v) is 17.8. The minimum absolute atomic E-state index is 0.0188.